The van der Waals surface area contributed by atoms with Gasteiger partial charge in [0.05, 0.1) is 12.1 Å². The topological polar surface area (TPSA) is 42.2 Å². The Morgan fingerprint density at radius 3 is 2.52 bits per heavy atom. The third-order valence-electron chi connectivity index (χ3n) is 3.80. The Bertz CT molecular complexity index is 708. The minimum absolute atomic E-state index is 0.0975. The number of hydrogen-bond acceptors (Lipinski definition) is 2. The van der Waals surface area contributed by atoms with Gasteiger partial charge in [0.1, 0.15) is 23.0 Å². The Labute approximate surface area is 148 Å². The Kier molecular flexibility index (Phi) is 6.58. The summed E-state index contributed by atoms with van der Waals surface area (Å²) in [5, 5.41) is 2.79. The van der Waals surface area contributed by atoms with E-state index < -0.39 is 11.7 Å². The third kappa shape index (κ3) is 5.29. The summed E-state index contributed by atoms with van der Waals surface area (Å²) in [4.78, 5) is 12.1. The van der Waals surface area contributed by atoms with Crippen LogP contribution in [0.5, 0.6) is 0 Å². The molecule has 136 valence electrons. The molecule has 0 fully saturated rings. The van der Waals surface area contributed by atoms with Gasteiger partial charge in [-0.05, 0) is 49.0 Å². The molecule has 3 nitrogen and oxygen atoms in total. The second-order valence-electron chi connectivity index (χ2n) is 5.39. The summed E-state index contributed by atoms with van der Waals surface area (Å²) in [6.45, 7) is 4.81. The van der Waals surface area contributed by atoms with Crippen LogP contribution in [0, 0.1) is 0 Å². The maximum absolute atomic E-state index is 12.8. The summed E-state index contributed by atoms with van der Waals surface area (Å²) >= 11 is 0. The van der Waals surface area contributed by atoms with Gasteiger partial charge in [0.2, 0.25) is 0 Å². The quantitative estimate of drug-likeness (QED) is 0.734. The number of rotatable bonds is 7. The van der Waals surface area contributed by atoms with Crippen LogP contribution < -0.4 is 5.32 Å². The molecule has 0 unspecified atom stereocenters. The molecule has 0 atom stereocenters. The van der Waals surface area contributed by atoms with E-state index in [1.807, 2.05) is 0 Å². The van der Waals surface area contributed by atoms with E-state index in [1.54, 1.807) is 0 Å². The van der Waals surface area contributed by atoms with E-state index in [0.717, 1.165) is 29.4 Å². The highest BCUT2D eigenvalue weighted by Gasteiger charge is 2.30. The molecule has 0 aliphatic heterocycles. The van der Waals surface area contributed by atoms with Crippen molar-refractivity contribution in [3.63, 3.8) is 0 Å². The fraction of sp³-hybridized carbons (Fsp3) is 0.389. The molecule has 0 spiro atoms. The number of hydrogen-bond donors (Lipinski definition) is 1. The average Bonchev–Trinajstić information content (AvgIpc) is 3.08. The summed E-state index contributed by atoms with van der Waals surface area (Å²) < 4.78 is 43.8. The van der Waals surface area contributed by atoms with Crippen molar-refractivity contribution in [3.8, 4) is 11.3 Å². The van der Waals surface area contributed by atoms with Crippen LogP contribution in [0.25, 0.3) is 11.3 Å². The molecule has 25 heavy (non-hydrogen) atoms. The molecular weight excluding hydrogens is 351 g/mol. The van der Waals surface area contributed by atoms with Crippen molar-refractivity contribution in [2.45, 2.75) is 20.0 Å². The normalized spacial score (nSPS) is 11.8. The van der Waals surface area contributed by atoms with Gasteiger partial charge in [-0.3, -0.25) is 4.79 Å². The minimum Gasteiger partial charge on any atom is -0.451 e. The number of alkyl halides is 3. The standard InChI is InChI=1S/C18H20F3NO2S/c1-3-25(4-2)11-10-22-17(23)16-9-8-15(24-16)13-6-5-7-14(12-13)18(19,20)21/h5-9,12H,3-4,10-11H2,1-2H3/p+1. The number of furan rings is 1. The average molecular weight is 372 g/mol. The van der Waals surface area contributed by atoms with E-state index in [4.69, 9.17) is 4.42 Å². The van der Waals surface area contributed by atoms with Crippen molar-refractivity contribution in [2.24, 2.45) is 0 Å². The highest BCUT2D eigenvalue weighted by molar-refractivity contribution is 7.96. The number of amides is 1. The van der Waals surface area contributed by atoms with Gasteiger partial charge < -0.3 is 9.73 Å². The molecular formula is C18H21F3NO2S+. The van der Waals surface area contributed by atoms with E-state index in [9.17, 15) is 18.0 Å². The van der Waals surface area contributed by atoms with Crippen molar-refractivity contribution in [3.05, 3.63) is 47.7 Å². The third-order valence-corrected chi connectivity index (χ3v) is 6.21. The Balaban J connectivity index is 2.03. The second-order valence-corrected chi connectivity index (χ2v) is 8.18. The SMILES string of the molecule is CC[S+](CC)CCNC(=O)c1ccc(-c2cccc(C(F)(F)F)c2)o1. The van der Waals surface area contributed by atoms with Crippen LogP contribution in [-0.4, -0.2) is 29.7 Å². The Morgan fingerprint density at radius 1 is 1.16 bits per heavy atom. The molecule has 0 aliphatic carbocycles. The van der Waals surface area contributed by atoms with Gasteiger partial charge in [-0.25, -0.2) is 0 Å². The number of carbonyl (C=O) groups excluding carboxylic acids is 1. The summed E-state index contributed by atoms with van der Waals surface area (Å²) in [5.74, 6) is 3.08. The summed E-state index contributed by atoms with van der Waals surface area (Å²) in [5.41, 5.74) is -0.467. The van der Waals surface area contributed by atoms with Crippen LogP contribution >= 0.6 is 0 Å². The van der Waals surface area contributed by atoms with Crippen LogP contribution in [0.1, 0.15) is 30.0 Å². The van der Waals surface area contributed by atoms with Crippen LogP contribution in [0.2, 0.25) is 0 Å². The van der Waals surface area contributed by atoms with E-state index in [-0.39, 0.29) is 23.0 Å². The lowest BCUT2D eigenvalue weighted by atomic mass is 10.1. The molecule has 0 bridgehead atoms. The van der Waals surface area contributed by atoms with E-state index in [2.05, 4.69) is 19.2 Å². The lowest BCUT2D eigenvalue weighted by Crippen LogP contribution is -2.30. The highest BCUT2D eigenvalue weighted by Crippen LogP contribution is 2.32. The predicted octanol–water partition coefficient (Wildman–Crippen LogP) is 4.35. The van der Waals surface area contributed by atoms with Gasteiger partial charge in [-0.2, -0.15) is 13.2 Å². The fourth-order valence-electron chi connectivity index (χ4n) is 2.35. The summed E-state index contributed by atoms with van der Waals surface area (Å²) in [6.07, 6.45) is -4.42. The smallest absolute Gasteiger partial charge is 0.416 e. The fourth-order valence-corrected chi connectivity index (χ4v) is 3.73. The zero-order chi connectivity index (χ0) is 18.4. The van der Waals surface area contributed by atoms with Gasteiger partial charge in [-0.1, -0.05) is 12.1 Å². The first-order chi connectivity index (χ1) is 11.8. The molecule has 2 aromatic rings. The molecule has 1 aromatic heterocycles. The van der Waals surface area contributed by atoms with Gasteiger partial charge >= 0.3 is 6.18 Å². The molecule has 1 N–H and O–H groups in total. The molecule has 0 saturated carbocycles. The molecule has 7 heteroatoms. The maximum atomic E-state index is 12.8. The largest absolute Gasteiger partial charge is 0.451 e. The first-order valence-corrected chi connectivity index (χ1v) is 9.78. The molecule has 0 saturated heterocycles. The Morgan fingerprint density at radius 2 is 1.88 bits per heavy atom. The molecule has 0 aliphatic rings. The van der Waals surface area contributed by atoms with Crippen LogP contribution in [0.4, 0.5) is 13.2 Å². The molecule has 2 rings (SSSR count). The highest BCUT2D eigenvalue weighted by atomic mass is 32.2. The second kappa shape index (κ2) is 8.47. The van der Waals surface area contributed by atoms with Crippen molar-refractivity contribution in [1.82, 2.24) is 5.32 Å². The zero-order valence-corrected chi connectivity index (χ0v) is 15.0. The summed E-state index contributed by atoms with van der Waals surface area (Å²) in [7, 11) is 0.301. The van der Waals surface area contributed by atoms with Gasteiger partial charge in [0, 0.05) is 5.56 Å². The van der Waals surface area contributed by atoms with E-state index in [1.165, 1.54) is 24.3 Å². The Hall–Kier alpha value is -1.89. The monoisotopic (exact) mass is 372 g/mol. The van der Waals surface area contributed by atoms with Crippen LogP contribution in [0.15, 0.2) is 40.8 Å². The number of nitrogens with one attached hydrogen (secondary N) is 1. The van der Waals surface area contributed by atoms with Crippen LogP contribution in [-0.2, 0) is 17.1 Å². The van der Waals surface area contributed by atoms with Crippen LogP contribution in [0.3, 0.4) is 0 Å². The van der Waals surface area contributed by atoms with Crippen molar-refractivity contribution in [2.75, 3.05) is 23.8 Å². The first-order valence-electron chi connectivity index (χ1n) is 8.05. The van der Waals surface area contributed by atoms with Gasteiger partial charge in [0.25, 0.3) is 5.91 Å². The maximum Gasteiger partial charge on any atom is 0.416 e. The van der Waals surface area contributed by atoms with Crippen molar-refractivity contribution < 1.29 is 22.4 Å². The van der Waals surface area contributed by atoms with E-state index >= 15 is 0 Å². The molecule has 1 aromatic carbocycles. The lowest BCUT2D eigenvalue weighted by Gasteiger charge is -2.07. The number of benzene rings is 1. The van der Waals surface area contributed by atoms with Gasteiger partial charge in [-0.15, -0.1) is 0 Å². The number of halogens is 3. The van der Waals surface area contributed by atoms with E-state index in [0.29, 0.717) is 17.4 Å². The minimum atomic E-state index is -4.42. The predicted molar refractivity (Wildman–Crippen MR) is 94.8 cm³/mol. The van der Waals surface area contributed by atoms with Crippen molar-refractivity contribution in [1.29, 1.82) is 0 Å². The lowest BCUT2D eigenvalue weighted by molar-refractivity contribution is -0.137. The van der Waals surface area contributed by atoms with Crippen molar-refractivity contribution >= 4 is 16.8 Å². The summed E-state index contributed by atoms with van der Waals surface area (Å²) in [6, 6.07) is 7.83. The first kappa shape index (κ1) is 19.4. The molecule has 0 radical (unpaired) electrons. The van der Waals surface area contributed by atoms with Gasteiger partial charge in [0.15, 0.2) is 5.76 Å². The number of carbonyl (C=O) groups is 1. The molecule has 1 amide bonds. The zero-order valence-electron chi connectivity index (χ0n) is 14.2. The molecule has 1 heterocycles.